The Balaban J connectivity index is 2.78. The lowest BCUT2D eigenvalue weighted by molar-refractivity contribution is 0.402. The number of hydrogen-bond donors (Lipinski definition) is 1. The molecule has 65 valence electrons. The van der Waals surface area contributed by atoms with Crippen LogP contribution in [0.15, 0.2) is 24.3 Å². The Kier molecular flexibility index (Phi) is 2.67. The fourth-order valence-electron chi connectivity index (χ4n) is 0.633. The van der Waals surface area contributed by atoms with E-state index in [-0.39, 0.29) is 0 Å². The molecule has 0 amide bonds. The fraction of sp³-hybridized carbons (Fsp3) is 0.143. The molecule has 0 saturated heterocycles. The Labute approximate surface area is 71.4 Å². The van der Waals surface area contributed by atoms with E-state index in [0.717, 1.165) is 7.11 Å². The second kappa shape index (κ2) is 3.55. The molecular weight excluding hydrogens is 178 g/mol. The van der Waals surface area contributed by atoms with E-state index in [1.54, 1.807) is 24.3 Å². The van der Waals surface area contributed by atoms with Crippen LogP contribution in [0.3, 0.4) is 0 Å². The van der Waals surface area contributed by atoms with E-state index in [1.807, 2.05) is 0 Å². The third-order valence-corrected chi connectivity index (χ3v) is 2.07. The predicted octanol–water partition coefficient (Wildman–Crippen LogP) is 0.790. The van der Waals surface area contributed by atoms with Crippen molar-refractivity contribution in [3.8, 4) is 0 Å². The summed E-state index contributed by atoms with van der Waals surface area (Å²) in [5.41, 5.74) is 0.361. The van der Waals surface area contributed by atoms with E-state index >= 15 is 0 Å². The van der Waals surface area contributed by atoms with Gasteiger partial charge in [-0.25, -0.2) is 0 Å². The molecule has 12 heavy (non-hydrogen) atoms. The molecule has 0 aliphatic carbocycles. The molecule has 0 saturated carbocycles. The Morgan fingerprint density at radius 2 is 2.25 bits per heavy atom. The molecule has 5 heteroatoms. The van der Waals surface area contributed by atoms with E-state index in [4.69, 9.17) is 0 Å². The topological polar surface area (TPSA) is 55.4 Å². The van der Waals surface area contributed by atoms with Crippen LogP contribution in [-0.4, -0.2) is 15.5 Å². The number of benzene rings is 1. The van der Waals surface area contributed by atoms with Crippen LogP contribution in [0.1, 0.15) is 0 Å². The van der Waals surface area contributed by atoms with Gasteiger partial charge in [-0.15, -0.1) is 0 Å². The van der Waals surface area contributed by atoms with Crippen molar-refractivity contribution in [3.63, 3.8) is 0 Å². The lowest BCUT2D eigenvalue weighted by atomic mass is 10.3. The summed E-state index contributed by atoms with van der Waals surface area (Å²) in [5.74, 6) is 0. The van der Waals surface area contributed by atoms with Gasteiger partial charge in [-0.2, -0.15) is 8.42 Å². The predicted molar refractivity (Wildman–Crippen MR) is 44.8 cm³/mol. The number of anilines is 1. The molecule has 0 bridgehead atoms. The first-order valence-electron chi connectivity index (χ1n) is 3.19. The largest absolute Gasteiger partial charge is 0.359 e. The summed E-state index contributed by atoms with van der Waals surface area (Å²) in [6.45, 7) is 0. The maximum absolute atomic E-state index is 10.8. The SMILES string of the molecule is COS(=O)(=O)Nc1[c]cccc1. The second-order valence-corrected chi connectivity index (χ2v) is 3.44. The highest BCUT2D eigenvalue weighted by molar-refractivity contribution is 7.88. The first kappa shape index (κ1) is 9.02. The Morgan fingerprint density at radius 3 is 2.75 bits per heavy atom. The van der Waals surface area contributed by atoms with Gasteiger partial charge in [0.1, 0.15) is 0 Å². The molecule has 0 aromatic heterocycles. The van der Waals surface area contributed by atoms with Crippen molar-refractivity contribution >= 4 is 16.0 Å². The van der Waals surface area contributed by atoms with Gasteiger partial charge in [0, 0.05) is 6.07 Å². The van der Waals surface area contributed by atoms with Crippen molar-refractivity contribution in [2.45, 2.75) is 0 Å². The summed E-state index contributed by atoms with van der Waals surface area (Å²) in [7, 11) is -2.57. The zero-order valence-electron chi connectivity index (χ0n) is 6.44. The highest BCUT2D eigenvalue weighted by Crippen LogP contribution is 2.06. The molecule has 0 aliphatic heterocycles. The van der Waals surface area contributed by atoms with E-state index < -0.39 is 10.3 Å². The zero-order chi connectivity index (χ0) is 9.03. The van der Waals surface area contributed by atoms with Crippen molar-refractivity contribution in [1.82, 2.24) is 0 Å². The van der Waals surface area contributed by atoms with Crippen LogP contribution in [0.25, 0.3) is 0 Å². The van der Waals surface area contributed by atoms with Gasteiger partial charge in [-0.1, -0.05) is 18.2 Å². The summed E-state index contributed by atoms with van der Waals surface area (Å²) in [4.78, 5) is 0. The molecule has 1 aromatic rings. The standard InChI is InChI=1S/C7H8NO3S/c1-11-12(9,10)8-7-5-3-2-4-6-7/h2-5,8H,1H3. The van der Waals surface area contributed by atoms with Crippen molar-refractivity contribution in [2.24, 2.45) is 0 Å². The molecule has 1 radical (unpaired) electrons. The van der Waals surface area contributed by atoms with Crippen LogP contribution in [-0.2, 0) is 14.5 Å². The number of hydrogen-bond acceptors (Lipinski definition) is 3. The van der Waals surface area contributed by atoms with Crippen LogP contribution >= 0.6 is 0 Å². The van der Waals surface area contributed by atoms with Crippen molar-refractivity contribution < 1.29 is 12.6 Å². The molecular formula is C7H8NO3S. The van der Waals surface area contributed by atoms with Crippen molar-refractivity contribution in [1.29, 1.82) is 0 Å². The molecule has 0 aliphatic rings. The summed E-state index contributed by atoms with van der Waals surface area (Å²) in [6.07, 6.45) is 0. The number of rotatable bonds is 3. The molecule has 0 atom stereocenters. The molecule has 0 fully saturated rings. The molecule has 1 N–H and O–H groups in total. The summed E-state index contributed by atoms with van der Waals surface area (Å²) in [6, 6.07) is 9.31. The fourth-order valence-corrected chi connectivity index (χ4v) is 1.11. The first-order chi connectivity index (χ1) is 5.64. The quantitative estimate of drug-likeness (QED) is 0.759. The number of para-hydroxylation sites is 1. The van der Waals surface area contributed by atoms with Gasteiger partial charge in [0.2, 0.25) is 0 Å². The van der Waals surface area contributed by atoms with Crippen molar-refractivity contribution in [2.75, 3.05) is 11.8 Å². The van der Waals surface area contributed by atoms with Gasteiger partial charge in [0.05, 0.1) is 12.8 Å². The summed E-state index contributed by atoms with van der Waals surface area (Å²) >= 11 is 0. The monoisotopic (exact) mass is 186 g/mol. The van der Waals surface area contributed by atoms with Crippen molar-refractivity contribution in [3.05, 3.63) is 30.3 Å². The Hall–Kier alpha value is -1.07. The van der Waals surface area contributed by atoms with Gasteiger partial charge in [0.25, 0.3) is 0 Å². The molecule has 0 unspecified atom stereocenters. The minimum Gasteiger partial charge on any atom is -0.260 e. The number of nitrogens with one attached hydrogen (secondary N) is 1. The molecule has 1 aromatic carbocycles. The van der Waals surface area contributed by atoms with Gasteiger partial charge in [0.15, 0.2) is 0 Å². The molecule has 0 heterocycles. The maximum Gasteiger partial charge on any atom is 0.359 e. The smallest absolute Gasteiger partial charge is 0.260 e. The van der Waals surface area contributed by atoms with Crippen LogP contribution in [0, 0.1) is 6.07 Å². The summed E-state index contributed by atoms with van der Waals surface area (Å²) < 4.78 is 28.0. The minimum absolute atomic E-state index is 0.361. The van der Waals surface area contributed by atoms with Crippen LogP contribution < -0.4 is 4.72 Å². The van der Waals surface area contributed by atoms with Crippen LogP contribution in [0.2, 0.25) is 0 Å². The average molecular weight is 186 g/mol. The highest BCUT2D eigenvalue weighted by atomic mass is 32.2. The van der Waals surface area contributed by atoms with Gasteiger partial charge in [-0.3, -0.25) is 8.91 Å². The second-order valence-electron chi connectivity index (χ2n) is 2.00. The highest BCUT2D eigenvalue weighted by Gasteiger charge is 2.06. The van der Waals surface area contributed by atoms with Gasteiger partial charge in [-0.05, 0) is 6.07 Å². The van der Waals surface area contributed by atoms with E-state index in [0.29, 0.717) is 5.69 Å². The first-order valence-corrected chi connectivity index (χ1v) is 4.60. The third kappa shape index (κ3) is 2.52. The van der Waals surface area contributed by atoms with E-state index in [1.165, 1.54) is 0 Å². The molecule has 4 nitrogen and oxygen atoms in total. The third-order valence-electron chi connectivity index (χ3n) is 1.16. The zero-order valence-corrected chi connectivity index (χ0v) is 7.26. The lowest BCUT2D eigenvalue weighted by Crippen LogP contribution is -2.13. The Morgan fingerprint density at radius 1 is 1.50 bits per heavy atom. The minimum atomic E-state index is -3.65. The lowest BCUT2D eigenvalue weighted by Gasteiger charge is -2.03. The van der Waals surface area contributed by atoms with Crippen LogP contribution in [0.5, 0.6) is 0 Å². The van der Waals surface area contributed by atoms with Crippen LogP contribution in [0.4, 0.5) is 5.69 Å². The molecule has 1 rings (SSSR count). The summed E-state index contributed by atoms with van der Waals surface area (Å²) in [5, 5.41) is 0. The normalized spacial score (nSPS) is 11.1. The average Bonchev–Trinajstić information content (AvgIpc) is 2.06. The molecule has 0 spiro atoms. The Bertz CT molecular complexity index is 333. The van der Waals surface area contributed by atoms with E-state index in [9.17, 15) is 8.42 Å². The van der Waals surface area contributed by atoms with Gasteiger partial charge >= 0.3 is 10.3 Å². The van der Waals surface area contributed by atoms with E-state index in [2.05, 4.69) is 15.0 Å². The van der Waals surface area contributed by atoms with Gasteiger partial charge < -0.3 is 0 Å². The maximum atomic E-state index is 10.8.